The standard InChI is InChI=1S/C19H29N3O4/c1-5-12-22(19(25)26-13-16-10-8-7-9-11-16)15(4)18(24)21-14(3)17(23)20-6-2/h7-11,14-15H,5-6,12-13H2,1-4H3,(H,20,23)(H,21,24)/t14-,15-/m0/s1. The molecule has 26 heavy (non-hydrogen) atoms. The van der Waals surface area contributed by atoms with Gasteiger partial charge in [0.25, 0.3) is 0 Å². The molecule has 0 aromatic heterocycles. The zero-order valence-electron chi connectivity index (χ0n) is 16.0. The number of carbonyl (C=O) groups is 3. The minimum absolute atomic E-state index is 0.142. The van der Waals surface area contributed by atoms with Crippen molar-refractivity contribution < 1.29 is 19.1 Å². The van der Waals surface area contributed by atoms with Crippen LogP contribution in [0.15, 0.2) is 30.3 Å². The van der Waals surface area contributed by atoms with Crippen LogP contribution in [0.1, 0.15) is 39.7 Å². The van der Waals surface area contributed by atoms with Crippen LogP contribution in [0.5, 0.6) is 0 Å². The van der Waals surface area contributed by atoms with Crippen molar-refractivity contribution in [3.63, 3.8) is 0 Å². The Morgan fingerprint density at radius 1 is 1.08 bits per heavy atom. The number of amides is 3. The highest BCUT2D eigenvalue weighted by atomic mass is 16.6. The lowest BCUT2D eigenvalue weighted by molar-refractivity contribution is -0.131. The third-order valence-corrected chi connectivity index (χ3v) is 3.85. The first-order valence-electron chi connectivity index (χ1n) is 8.96. The third-order valence-electron chi connectivity index (χ3n) is 3.85. The fourth-order valence-corrected chi connectivity index (χ4v) is 2.35. The van der Waals surface area contributed by atoms with Crippen LogP contribution in [0.2, 0.25) is 0 Å². The highest BCUT2D eigenvalue weighted by Gasteiger charge is 2.28. The molecule has 0 aliphatic carbocycles. The quantitative estimate of drug-likeness (QED) is 0.703. The van der Waals surface area contributed by atoms with Crippen LogP contribution in [0.3, 0.4) is 0 Å². The monoisotopic (exact) mass is 363 g/mol. The van der Waals surface area contributed by atoms with Crippen LogP contribution >= 0.6 is 0 Å². The Morgan fingerprint density at radius 2 is 1.73 bits per heavy atom. The van der Waals surface area contributed by atoms with Gasteiger partial charge in [0, 0.05) is 13.1 Å². The summed E-state index contributed by atoms with van der Waals surface area (Å²) in [7, 11) is 0. The number of hydrogen-bond acceptors (Lipinski definition) is 4. The lowest BCUT2D eigenvalue weighted by Crippen LogP contribution is -2.53. The van der Waals surface area contributed by atoms with E-state index in [4.69, 9.17) is 4.74 Å². The van der Waals surface area contributed by atoms with E-state index in [0.717, 1.165) is 5.56 Å². The van der Waals surface area contributed by atoms with Crippen LogP contribution in [-0.4, -0.2) is 48.0 Å². The first-order chi connectivity index (χ1) is 12.4. The normalized spacial score (nSPS) is 12.6. The summed E-state index contributed by atoms with van der Waals surface area (Å²) in [4.78, 5) is 38.0. The molecular weight excluding hydrogens is 334 g/mol. The fourth-order valence-electron chi connectivity index (χ4n) is 2.35. The molecule has 0 radical (unpaired) electrons. The molecule has 0 bridgehead atoms. The lowest BCUT2D eigenvalue weighted by atomic mass is 10.2. The first kappa shape index (κ1) is 21.5. The Morgan fingerprint density at radius 3 is 2.31 bits per heavy atom. The summed E-state index contributed by atoms with van der Waals surface area (Å²) in [6.07, 6.45) is 0.133. The van der Waals surface area contributed by atoms with E-state index in [-0.39, 0.29) is 12.5 Å². The van der Waals surface area contributed by atoms with E-state index >= 15 is 0 Å². The molecule has 7 nitrogen and oxygen atoms in total. The van der Waals surface area contributed by atoms with Crippen LogP contribution < -0.4 is 10.6 Å². The van der Waals surface area contributed by atoms with Crippen molar-refractivity contribution in [1.82, 2.24) is 15.5 Å². The van der Waals surface area contributed by atoms with Crippen molar-refractivity contribution in [2.45, 2.75) is 52.8 Å². The van der Waals surface area contributed by atoms with E-state index < -0.39 is 24.1 Å². The van der Waals surface area contributed by atoms with E-state index in [2.05, 4.69) is 10.6 Å². The Hall–Kier alpha value is -2.57. The van der Waals surface area contributed by atoms with Gasteiger partial charge in [-0.2, -0.15) is 0 Å². The van der Waals surface area contributed by atoms with Crippen LogP contribution in [0.4, 0.5) is 4.79 Å². The molecular formula is C19H29N3O4. The van der Waals surface area contributed by atoms with Gasteiger partial charge in [0.2, 0.25) is 11.8 Å². The third kappa shape index (κ3) is 6.74. The Kier molecular flexibility index (Phi) is 9.19. The molecule has 0 fully saturated rings. The van der Waals surface area contributed by atoms with Gasteiger partial charge < -0.3 is 15.4 Å². The molecule has 1 aromatic carbocycles. The molecule has 0 unspecified atom stereocenters. The van der Waals surface area contributed by atoms with Gasteiger partial charge in [0.15, 0.2) is 0 Å². The van der Waals surface area contributed by atoms with Crippen LogP contribution in [0, 0.1) is 0 Å². The Bertz CT molecular complexity index is 592. The molecule has 3 amide bonds. The maximum Gasteiger partial charge on any atom is 0.410 e. The number of carbonyl (C=O) groups excluding carboxylic acids is 3. The minimum atomic E-state index is -0.741. The molecule has 7 heteroatoms. The number of likely N-dealkylation sites (N-methyl/N-ethyl adjacent to an activating group) is 1. The second-order valence-corrected chi connectivity index (χ2v) is 6.03. The highest BCUT2D eigenvalue weighted by Crippen LogP contribution is 2.08. The van der Waals surface area contributed by atoms with Gasteiger partial charge in [0.05, 0.1) is 0 Å². The minimum Gasteiger partial charge on any atom is -0.445 e. The molecule has 0 aliphatic rings. The van der Waals surface area contributed by atoms with Crippen LogP contribution in [-0.2, 0) is 20.9 Å². The molecule has 0 spiro atoms. The summed E-state index contributed by atoms with van der Waals surface area (Å²) in [6, 6.07) is 7.93. The number of rotatable bonds is 9. The second kappa shape index (κ2) is 11.1. The van der Waals surface area contributed by atoms with E-state index in [9.17, 15) is 14.4 Å². The summed E-state index contributed by atoms with van der Waals surface area (Å²) >= 11 is 0. The number of ether oxygens (including phenoxy) is 1. The van der Waals surface area contributed by atoms with Crippen LogP contribution in [0.25, 0.3) is 0 Å². The first-order valence-corrected chi connectivity index (χ1v) is 8.96. The molecule has 2 N–H and O–H groups in total. The summed E-state index contributed by atoms with van der Waals surface area (Å²) in [5, 5.41) is 5.28. The van der Waals surface area contributed by atoms with Gasteiger partial charge in [0.1, 0.15) is 18.7 Å². The smallest absolute Gasteiger partial charge is 0.410 e. The summed E-state index contributed by atoms with van der Waals surface area (Å²) in [5.74, 6) is -0.657. The van der Waals surface area contributed by atoms with E-state index in [1.807, 2.05) is 37.3 Å². The average Bonchev–Trinajstić information content (AvgIpc) is 2.64. The molecule has 144 valence electrons. The van der Waals surface area contributed by atoms with Gasteiger partial charge in [-0.3, -0.25) is 14.5 Å². The van der Waals surface area contributed by atoms with Gasteiger partial charge in [-0.05, 0) is 32.8 Å². The van der Waals surface area contributed by atoms with Gasteiger partial charge in [-0.1, -0.05) is 37.3 Å². The van der Waals surface area contributed by atoms with Crippen molar-refractivity contribution in [2.24, 2.45) is 0 Å². The predicted octanol–water partition coefficient (Wildman–Crippen LogP) is 2.06. The van der Waals surface area contributed by atoms with E-state index in [0.29, 0.717) is 19.5 Å². The van der Waals surface area contributed by atoms with Gasteiger partial charge >= 0.3 is 6.09 Å². The highest BCUT2D eigenvalue weighted by molar-refractivity contribution is 5.90. The van der Waals surface area contributed by atoms with Gasteiger partial charge in [-0.15, -0.1) is 0 Å². The molecule has 2 atom stereocenters. The molecule has 0 saturated carbocycles. The Balaban J connectivity index is 2.66. The number of hydrogen-bond donors (Lipinski definition) is 2. The van der Waals surface area contributed by atoms with Crippen molar-refractivity contribution in [1.29, 1.82) is 0 Å². The van der Waals surface area contributed by atoms with Crippen molar-refractivity contribution in [3.8, 4) is 0 Å². The molecule has 0 aliphatic heterocycles. The summed E-state index contributed by atoms with van der Waals surface area (Å²) < 4.78 is 5.33. The fraction of sp³-hybridized carbons (Fsp3) is 0.526. The van der Waals surface area contributed by atoms with E-state index in [1.54, 1.807) is 20.8 Å². The predicted molar refractivity (Wildman–Crippen MR) is 99.4 cm³/mol. The topological polar surface area (TPSA) is 87.7 Å². The number of nitrogens with one attached hydrogen (secondary N) is 2. The van der Waals surface area contributed by atoms with Crippen molar-refractivity contribution in [3.05, 3.63) is 35.9 Å². The van der Waals surface area contributed by atoms with Gasteiger partial charge in [-0.25, -0.2) is 4.79 Å². The van der Waals surface area contributed by atoms with Crippen molar-refractivity contribution >= 4 is 17.9 Å². The zero-order chi connectivity index (χ0) is 19.5. The number of nitrogens with zero attached hydrogens (tertiary/aromatic N) is 1. The second-order valence-electron chi connectivity index (χ2n) is 6.03. The molecule has 1 aromatic rings. The van der Waals surface area contributed by atoms with E-state index in [1.165, 1.54) is 4.90 Å². The molecule has 1 rings (SSSR count). The average molecular weight is 363 g/mol. The molecule has 0 saturated heterocycles. The maximum absolute atomic E-state index is 12.4. The molecule has 0 heterocycles. The summed E-state index contributed by atoms with van der Waals surface area (Å²) in [5.41, 5.74) is 0.874. The van der Waals surface area contributed by atoms with Crippen molar-refractivity contribution in [2.75, 3.05) is 13.1 Å². The lowest BCUT2D eigenvalue weighted by Gasteiger charge is -2.28. The Labute approximate surface area is 155 Å². The number of benzene rings is 1. The summed E-state index contributed by atoms with van der Waals surface area (Å²) in [6.45, 7) is 7.97. The zero-order valence-corrected chi connectivity index (χ0v) is 16.0. The maximum atomic E-state index is 12.4. The SMILES string of the molecule is CCCN(C(=O)OCc1ccccc1)[C@@H](C)C(=O)N[C@@H](C)C(=O)NCC. The largest absolute Gasteiger partial charge is 0.445 e.